The minimum atomic E-state index is -0.319. The van der Waals surface area contributed by atoms with Crippen LogP contribution in [0.3, 0.4) is 0 Å². The molecule has 1 atom stereocenters. The van der Waals surface area contributed by atoms with Gasteiger partial charge in [-0.2, -0.15) is 10.9 Å². The monoisotopic (exact) mass is 280 g/mol. The summed E-state index contributed by atoms with van der Waals surface area (Å²) >= 11 is 0. The molecule has 0 amide bonds. The number of ketones is 1. The van der Waals surface area contributed by atoms with Gasteiger partial charge in [0.1, 0.15) is 0 Å². The van der Waals surface area contributed by atoms with E-state index in [1.165, 1.54) is 10.5 Å². The van der Waals surface area contributed by atoms with Gasteiger partial charge in [0.05, 0.1) is 0 Å². The Bertz CT molecular complexity index is 681. The zero-order chi connectivity index (χ0) is 13.9. The maximum atomic E-state index is 12.3. The SMILES string of the molecule is CC1=C[SH](c2ccc(C(=O)c3ccccc3)cc2)C=C1. The second-order valence-electron chi connectivity index (χ2n) is 4.84. The maximum absolute atomic E-state index is 12.3. The number of carbonyl (C=O) groups is 1. The summed E-state index contributed by atoms with van der Waals surface area (Å²) in [5, 5.41) is 4.54. The number of rotatable bonds is 3. The van der Waals surface area contributed by atoms with Crippen LogP contribution in [-0.4, -0.2) is 5.78 Å². The lowest BCUT2D eigenvalue weighted by molar-refractivity contribution is 0.103. The molecule has 0 N–H and O–H groups in total. The topological polar surface area (TPSA) is 17.1 Å². The highest BCUT2D eigenvalue weighted by molar-refractivity contribution is 8.22. The summed E-state index contributed by atoms with van der Waals surface area (Å²) in [5.41, 5.74) is 2.81. The van der Waals surface area contributed by atoms with Crippen LogP contribution in [0.25, 0.3) is 0 Å². The number of benzene rings is 2. The van der Waals surface area contributed by atoms with Crippen molar-refractivity contribution in [1.29, 1.82) is 0 Å². The fourth-order valence-corrected chi connectivity index (χ4v) is 4.03. The molecule has 1 unspecified atom stereocenters. The minimum absolute atomic E-state index is 0.0821. The van der Waals surface area contributed by atoms with Crippen LogP contribution in [0, 0.1) is 0 Å². The van der Waals surface area contributed by atoms with Gasteiger partial charge in [-0.05, 0) is 52.5 Å². The van der Waals surface area contributed by atoms with Crippen LogP contribution in [0.2, 0.25) is 0 Å². The van der Waals surface area contributed by atoms with E-state index in [9.17, 15) is 4.79 Å². The van der Waals surface area contributed by atoms with E-state index < -0.39 is 0 Å². The molecule has 3 rings (SSSR count). The van der Waals surface area contributed by atoms with Gasteiger partial charge in [-0.15, -0.1) is 0 Å². The Morgan fingerprint density at radius 1 is 0.900 bits per heavy atom. The van der Waals surface area contributed by atoms with Gasteiger partial charge < -0.3 is 0 Å². The summed E-state index contributed by atoms with van der Waals surface area (Å²) in [6.45, 7) is 2.12. The van der Waals surface area contributed by atoms with Gasteiger partial charge in [-0.3, -0.25) is 4.79 Å². The third-order valence-corrected chi connectivity index (χ3v) is 5.35. The predicted molar refractivity (Wildman–Crippen MR) is 86.5 cm³/mol. The van der Waals surface area contributed by atoms with Crippen molar-refractivity contribution in [3.63, 3.8) is 0 Å². The van der Waals surface area contributed by atoms with E-state index in [1.807, 2.05) is 42.5 Å². The first-order valence-electron chi connectivity index (χ1n) is 6.59. The van der Waals surface area contributed by atoms with Gasteiger partial charge in [0, 0.05) is 11.1 Å². The molecule has 0 aromatic heterocycles. The molecule has 0 spiro atoms. The number of thiol groups is 1. The van der Waals surface area contributed by atoms with Gasteiger partial charge >= 0.3 is 0 Å². The van der Waals surface area contributed by atoms with Crippen molar-refractivity contribution in [2.45, 2.75) is 11.8 Å². The lowest BCUT2D eigenvalue weighted by atomic mass is 10.0. The molecule has 0 fully saturated rings. The summed E-state index contributed by atoms with van der Waals surface area (Å²) in [7, 11) is -0.319. The highest BCUT2D eigenvalue weighted by atomic mass is 32.2. The molecule has 20 heavy (non-hydrogen) atoms. The Morgan fingerprint density at radius 2 is 1.55 bits per heavy atom. The molecule has 1 nitrogen and oxygen atoms in total. The average Bonchev–Trinajstić information content (AvgIpc) is 2.94. The van der Waals surface area contributed by atoms with Crippen LogP contribution in [0.1, 0.15) is 22.8 Å². The third-order valence-electron chi connectivity index (χ3n) is 3.30. The fraction of sp³-hybridized carbons (Fsp3) is 0.0556. The largest absolute Gasteiger partial charge is 0.289 e. The van der Waals surface area contributed by atoms with E-state index in [-0.39, 0.29) is 16.7 Å². The quantitative estimate of drug-likeness (QED) is 0.636. The van der Waals surface area contributed by atoms with Crippen molar-refractivity contribution in [3.05, 3.63) is 88.2 Å². The van der Waals surface area contributed by atoms with Crippen LogP contribution in [-0.2, 0) is 0 Å². The second-order valence-corrected chi connectivity index (χ2v) is 6.73. The Balaban J connectivity index is 1.84. The van der Waals surface area contributed by atoms with Crippen molar-refractivity contribution >= 4 is 16.7 Å². The van der Waals surface area contributed by atoms with E-state index >= 15 is 0 Å². The van der Waals surface area contributed by atoms with Crippen LogP contribution in [0.15, 0.2) is 82.0 Å². The normalized spacial score (nSPS) is 18.9. The Kier molecular flexibility index (Phi) is 3.57. The summed E-state index contributed by atoms with van der Waals surface area (Å²) in [6, 6.07) is 17.4. The van der Waals surface area contributed by atoms with Gasteiger partial charge in [-0.1, -0.05) is 36.4 Å². The lowest BCUT2D eigenvalue weighted by Gasteiger charge is -2.11. The first kappa shape index (κ1) is 12.9. The van der Waals surface area contributed by atoms with Crippen molar-refractivity contribution < 1.29 is 4.79 Å². The molecular weight excluding hydrogens is 264 g/mol. The highest BCUT2D eigenvalue weighted by Crippen LogP contribution is 2.43. The zero-order valence-corrected chi connectivity index (χ0v) is 12.2. The molecule has 100 valence electrons. The Labute approximate surface area is 122 Å². The van der Waals surface area contributed by atoms with Crippen LogP contribution in [0.4, 0.5) is 0 Å². The average molecular weight is 280 g/mol. The van der Waals surface area contributed by atoms with E-state index in [0.717, 1.165) is 11.1 Å². The Morgan fingerprint density at radius 3 is 2.15 bits per heavy atom. The van der Waals surface area contributed by atoms with E-state index in [4.69, 9.17) is 0 Å². The van der Waals surface area contributed by atoms with E-state index in [2.05, 4.69) is 35.9 Å². The molecular formula is C18H16OS. The molecule has 0 saturated heterocycles. The third kappa shape index (κ3) is 2.61. The standard InChI is InChI=1S/C18H16OS/c1-14-11-12-20(13-14)17-9-7-16(8-10-17)18(19)15-5-3-2-4-6-15/h2-13,20H,1H3. The van der Waals surface area contributed by atoms with Crippen molar-refractivity contribution in [2.24, 2.45) is 0 Å². The molecule has 0 bridgehead atoms. The smallest absolute Gasteiger partial charge is 0.193 e. The minimum Gasteiger partial charge on any atom is -0.289 e. The number of hydrogen-bond donors (Lipinski definition) is 1. The molecule has 0 saturated carbocycles. The van der Waals surface area contributed by atoms with Gasteiger partial charge in [0.25, 0.3) is 0 Å². The van der Waals surface area contributed by atoms with Crippen LogP contribution >= 0.6 is 10.9 Å². The van der Waals surface area contributed by atoms with Crippen molar-refractivity contribution in [3.8, 4) is 0 Å². The summed E-state index contributed by atoms with van der Waals surface area (Å²) in [4.78, 5) is 13.6. The lowest BCUT2D eigenvalue weighted by Crippen LogP contribution is -2.00. The summed E-state index contributed by atoms with van der Waals surface area (Å²) in [5.74, 6) is 0.0821. The second kappa shape index (κ2) is 5.51. The molecule has 0 radical (unpaired) electrons. The maximum Gasteiger partial charge on any atom is 0.193 e. The van der Waals surface area contributed by atoms with Gasteiger partial charge in [0.2, 0.25) is 0 Å². The first-order chi connectivity index (χ1) is 9.74. The van der Waals surface area contributed by atoms with E-state index in [1.54, 1.807) is 0 Å². The number of carbonyl (C=O) groups excluding carboxylic acids is 1. The van der Waals surface area contributed by atoms with Crippen molar-refractivity contribution in [2.75, 3.05) is 0 Å². The molecule has 1 aliphatic heterocycles. The summed E-state index contributed by atoms with van der Waals surface area (Å²) in [6.07, 6.45) is 2.16. The molecule has 1 heterocycles. The summed E-state index contributed by atoms with van der Waals surface area (Å²) < 4.78 is 0. The number of allylic oxidation sites excluding steroid dienone is 2. The molecule has 0 aliphatic carbocycles. The van der Waals surface area contributed by atoms with Gasteiger partial charge in [-0.25, -0.2) is 0 Å². The van der Waals surface area contributed by atoms with E-state index in [0.29, 0.717) is 0 Å². The first-order valence-corrected chi connectivity index (χ1v) is 8.07. The molecule has 2 heteroatoms. The Hall–Kier alpha value is -2.06. The molecule has 1 aliphatic rings. The number of hydrogen-bond acceptors (Lipinski definition) is 1. The van der Waals surface area contributed by atoms with Crippen LogP contribution < -0.4 is 0 Å². The van der Waals surface area contributed by atoms with Crippen molar-refractivity contribution in [1.82, 2.24) is 0 Å². The zero-order valence-electron chi connectivity index (χ0n) is 11.3. The highest BCUT2D eigenvalue weighted by Gasteiger charge is 2.10. The predicted octanol–water partition coefficient (Wildman–Crippen LogP) is 4.71. The van der Waals surface area contributed by atoms with Gasteiger partial charge in [0.15, 0.2) is 5.78 Å². The fourth-order valence-electron chi connectivity index (χ4n) is 2.21. The molecule has 2 aromatic carbocycles. The van der Waals surface area contributed by atoms with Crippen LogP contribution in [0.5, 0.6) is 0 Å². The molecule has 2 aromatic rings.